The number of hydrogen-bond acceptors (Lipinski definition) is 13. The first-order chi connectivity index (χ1) is 18.1. The van der Waals surface area contributed by atoms with Crippen molar-refractivity contribution in [2.24, 2.45) is 0 Å². The number of aliphatic hydroxyl groups excluding tert-OH is 10. The van der Waals surface area contributed by atoms with Gasteiger partial charge in [0.1, 0.15) is 43.2 Å². The van der Waals surface area contributed by atoms with E-state index in [9.17, 15) is 45.6 Å². The van der Waals surface area contributed by atoms with Gasteiger partial charge in [-0.15, -0.1) is 0 Å². The Hall–Kier alpha value is -1.95. The SMILES string of the molecule is CC(C)(C)NC(=O)OCc1ccc(CN(C[C@H](O)[C@@H](O)[C@H](O)[C@H](O)CO)C[C@H](O)[C@@H](O)[C@H](O)[C@H](O)CO)cc1. The number of benzene rings is 1. The fourth-order valence-corrected chi connectivity index (χ4v) is 3.57. The Kier molecular flexibility index (Phi) is 14.7. The molecule has 0 saturated heterocycles. The number of ether oxygens (including phenoxy) is 1. The second kappa shape index (κ2) is 16.3. The number of nitrogens with zero attached hydrogens (tertiary/aromatic N) is 1. The molecule has 0 aliphatic carbocycles. The molecule has 1 rings (SSSR count). The van der Waals surface area contributed by atoms with Crippen LogP contribution in [0.3, 0.4) is 0 Å². The fraction of sp³-hybridized carbons (Fsp3) is 0.720. The van der Waals surface area contributed by atoms with Crippen molar-refractivity contribution in [3.05, 3.63) is 35.4 Å². The number of hydrogen-bond donors (Lipinski definition) is 11. The molecule has 0 aliphatic rings. The van der Waals surface area contributed by atoms with E-state index in [1.807, 2.05) is 20.8 Å². The van der Waals surface area contributed by atoms with Gasteiger partial charge in [-0.2, -0.15) is 0 Å². The molecule has 8 atom stereocenters. The highest BCUT2D eigenvalue weighted by molar-refractivity contribution is 5.68. The van der Waals surface area contributed by atoms with Crippen molar-refractivity contribution in [2.45, 2.75) is 88.3 Å². The molecule has 0 radical (unpaired) electrons. The van der Waals surface area contributed by atoms with Gasteiger partial charge in [-0.3, -0.25) is 4.90 Å². The molecule has 1 aromatic rings. The van der Waals surface area contributed by atoms with Gasteiger partial charge in [-0.1, -0.05) is 24.3 Å². The lowest BCUT2D eigenvalue weighted by Crippen LogP contribution is -2.53. The maximum atomic E-state index is 11.9. The van der Waals surface area contributed by atoms with Crippen molar-refractivity contribution in [1.82, 2.24) is 10.2 Å². The van der Waals surface area contributed by atoms with Crippen molar-refractivity contribution in [1.29, 1.82) is 0 Å². The molecule has 39 heavy (non-hydrogen) atoms. The average Bonchev–Trinajstić information content (AvgIpc) is 2.88. The van der Waals surface area contributed by atoms with Gasteiger partial charge in [-0.25, -0.2) is 4.79 Å². The molecule has 0 aromatic heterocycles. The molecule has 226 valence electrons. The van der Waals surface area contributed by atoms with Crippen LogP contribution in [0.15, 0.2) is 24.3 Å². The molecule has 0 heterocycles. The lowest BCUT2D eigenvalue weighted by molar-refractivity contribution is -0.131. The van der Waals surface area contributed by atoms with Crippen LogP contribution in [0.4, 0.5) is 4.79 Å². The van der Waals surface area contributed by atoms with Gasteiger partial charge in [0.15, 0.2) is 0 Å². The zero-order valence-electron chi connectivity index (χ0n) is 22.4. The van der Waals surface area contributed by atoms with Crippen LogP contribution in [0.2, 0.25) is 0 Å². The first-order valence-electron chi connectivity index (χ1n) is 12.5. The maximum absolute atomic E-state index is 11.9. The van der Waals surface area contributed by atoms with E-state index in [2.05, 4.69) is 5.32 Å². The summed E-state index contributed by atoms with van der Waals surface area (Å²) in [4.78, 5) is 13.2. The van der Waals surface area contributed by atoms with Gasteiger partial charge in [0.2, 0.25) is 0 Å². The normalized spacial score (nSPS) is 18.5. The topological polar surface area (TPSA) is 244 Å². The summed E-state index contributed by atoms with van der Waals surface area (Å²) >= 11 is 0. The zero-order valence-corrected chi connectivity index (χ0v) is 22.4. The molecular formula is C25H44N2O12. The van der Waals surface area contributed by atoms with E-state index in [0.29, 0.717) is 11.1 Å². The molecule has 0 aliphatic heterocycles. The quantitative estimate of drug-likeness (QED) is 0.0930. The smallest absolute Gasteiger partial charge is 0.407 e. The van der Waals surface area contributed by atoms with Crippen molar-refractivity contribution in [3.8, 4) is 0 Å². The highest BCUT2D eigenvalue weighted by Crippen LogP contribution is 2.15. The fourth-order valence-electron chi connectivity index (χ4n) is 3.57. The van der Waals surface area contributed by atoms with Gasteiger partial charge in [0.05, 0.1) is 25.4 Å². The molecule has 1 amide bonds. The van der Waals surface area contributed by atoms with Crippen LogP contribution in [0.1, 0.15) is 31.9 Å². The van der Waals surface area contributed by atoms with Gasteiger partial charge in [-0.05, 0) is 31.9 Å². The highest BCUT2D eigenvalue weighted by Gasteiger charge is 2.34. The molecule has 0 fully saturated rings. The predicted octanol–water partition coefficient (Wildman–Crippen LogP) is -3.61. The standard InChI is InChI=1S/C25H44N2O12/c1-25(2,3)26-24(38)39-13-15-6-4-14(5-7-15)8-27(9-16(30)20(34)22(36)18(32)11-28)10-17(31)21(35)23(37)19(33)12-29/h4-7,16-23,28-37H,8-13H2,1-3H3,(H,26,38)/t16-,17-,18+,19+,20+,21+,22+,23+/m0/s1. The minimum absolute atomic E-state index is 0.00212. The Morgan fingerprint density at radius 1 is 0.744 bits per heavy atom. The number of carbonyl (C=O) groups is 1. The van der Waals surface area contributed by atoms with Crippen LogP contribution in [0.5, 0.6) is 0 Å². The van der Waals surface area contributed by atoms with E-state index in [1.165, 1.54) is 4.90 Å². The summed E-state index contributed by atoms with van der Waals surface area (Å²) in [6.07, 6.45) is -14.9. The summed E-state index contributed by atoms with van der Waals surface area (Å²) in [6, 6.07) is 6.70. The molecular weight excluding hydrogens is 520 g/mol. The summed E-state index contributed by atoms with van der Waals surface area (Å²) in [5.74, 6) is 0. The van der Waals surface area contributed by atoms with Crippen LogP contribution in [-0.4, -0.2) is 143 Å². The summed E-state index contributed by atoms with van der Waals surface area (Å²) in [5.41, 5.74) is 0.842. The van der Waals surface area contributed by atoms with E-state index >= 15 is 0 Å². The van der Waals surface area contributed by atoms with Crippen molar-refractivity contribution in [3.63, 3.8) is 0 Å². The number of nitrogens with one attached hydrogen (secondary N) is 1. The Morgan fingerprint density at radius 2 is 1.13 bits per heavy atom. The first-order valence-corrected chi connectivity index (χ1v) is 12.5. The molecule has 1 aromatic carbocycles. The van der Waals surface area contributed by atoms with Gasteiger partial charge >= 0.3 is 6.09 Å². The number of alkyl carbamates (subject to hydrolysis) is 1. The summed E-state index contributed by atoms with van der Waals surface area (Å²) in [7, 11) is 0. The Bertz CT molecular complexity index is 807. The van der Waals surface area contributed by atoms with E-state index in [1.54, 1.807) is 24.3 Å². The van der Waals surface area contributed by atoms with E-state index in [0.717, 1.165) is 0 Å². The van der Waals surface area contributed by atoms with Crippen LogP contribution >= 0.6 is 0 Å². The second-order valence-corrected chi connectivity index (χ2v) is 10.6. The van der Waals surface area contributed by atoms with Gasteiger partial charge < -0.3 is 61.1 Å². The molecule has 0 saturated carbocycles. The third-order valence-corrected chi connectivity index (χ3v) is 5.82. The van der Waals surface area contributed by atoms with Crippen molar-refractivity contribution >= 4 is 6.09 Å². The number of carbonyl (C=O) groups excluding carboxylic acids is 1. The van der Waals surface area contributed by atoms with Crippen LogP contribution < -0.4 is 5.32 Å². The molecule has 14 nitrogen and oxygen atoms in total. The monoisotopic (exact) mass is 564 g/mol. The van der Waals surface area contributed by atoms with E-state index < -0.39 is 86.8 Å². The second-order valence-electron chi connectivity index (χ2n) is 10.6. The number of aliphatic hydroxyl groups is 10. The first kappa shape index (κ1) is 35.1. The lowest BCUT2D eigenvalue weighted by atomic mass is 10.0. The van der Waals surface area contributed by atoms with Crippen LogP contribution in [0.25, 0.3) is 0 Å². The van der Waals surface area contributed by atoms with E-state index in [-0.39, 0.29) is 13.2 Å². The Balaban J connectivity index is 2.97. The van der Waals surface area contributed by atoms with Gasteiger partial charge in [0.25, 0.3) is 0 Å². The van der Waals surface area contributed by atoms with Gasteiger partial charge in [0, 0.05) is 25.2 Å². The summed E-state index contributed by atoms with van der Waals surface area (Å²) < 4.78 is 5.18. The third-order valence-electron chi connectivity index (χ3n) is 5.82. The largest absolute Gasteiger partial charge is 0.445 e. The number of rotatable bonds is 16. The average molecular weight is 565 g/mol. The minimum atomic E-state index is -1.88. The molecule has 11 N–H and O–H groups in total. The molecule has 14 heteroatoms. The third kappa shape index (κ3) is 12.4. The molecule has 0 bridgehead atoms. The zero-order chi connectivity index (χ0) is 29.9. The van der Waals surface area contributed by atoms with Crippen molar-refractivity contribution in [2.75, 3.05) is 26.3 Å². The molecule has 0 spiro atoms. The summed E-state index contributed by atoms with van der Waals surface area (Å²) in [5, 5.41) is 101. The lowest BCUT2D eigenvalue weighted by Gasteiger charge is -2.33. The van der Waals surface area contributed by atoms with E-state index in [4.69, 9.17) is 14.9 Å². The molecule has 0 unspecified atom stereocenters. The Labute approximate surface area is 227 Å². The summed E-state index contributed by atoms with van der Waals surface area (Å²) in [6.45, 7) is 2.95. The van der Waals surface area contributed by atoms with Crippen molar-refractivity contribution < 1.29 is 60.6 Å². The number of amides is 1. The van der Waals surface area contributed by atoms with Crippen LogP contribution in [0, 0.1) is 0 Å². The predicted molar refractivity (Wildman–Crippen MR) is 137 cm³/mol. The highest BCUT2D eigenvalue weighted by atomic mass is 16.5. The Morgan fingerprint density at radius 3 is 1.51 bits per heavy atom. The van der Waals surface area contributed by atoms with Crippen LogP contribution in [-0.2, 0) is 17.9 Å². The maximum Gasteiger partial charge on any atom is 0.407 e. The minimum Gasteiger partial charge on any atom is -0.445 e.